The zero-order valence-electron chi connectivity index (χ0n) is 11.8. The zero-order valence-corrected chi connectivity index (χ0v) is 12.5. The van der Waals surface area contributed by atoms with E-state index in [0.29, 0.717) is 0 Å². The molecule has 1 aliphatic rings. The van der Waals surface area contributed by atoms with Crippen LogP contribution in [0.25, 0.3) is 0 Å². The minimum atomic E-state index is 0.256. The Labute approximate surface area is 126 Å². The van der Waals surface area contributed by atoms with Crippen molar-refractivity contribution in [3.63, 3.8) is 0 Å². The number of halogens is 1. The van der Waals surface area contributed by atoms with Crippen LogP contribution in [0.4, 0.5) is 0 Å². The molecule has 2 heteroatoms. The van der Waals surface area contributed by atoms with Gasteiger partial charge in [-0.2, -0.15) is 0 Å². The maximum Gasteiger partial charge on any atom is 0.0453 e. The van der Waals surface area contributed by atoms with Crippen LogP contribution >= 0.6 is 11.6 Å². The molecule has 104 valence electrons. The van der Waals surface area contributed by atoms with Gasteiger partial charge in [0, 0.05) is 17.6 Å². The first-order valence-corrected chi connectivity index (χ1v) is 7.68. The van der Waals surface area contributed by atoms with Crippen molar-refractivity contribution in [1.82, 2.24) is 5.32 Å². The van der Waals surface area contributed by atoms with E-state index in [1.165, 1.54) is 24.0 Å². The van der Waals surface area contributed by atoms with Crippen LogP contribution in [0.1, 0.15) is 48.4 Å². The standard InChI is InChI=1S/C18H20ClN/c1-13(17-4-2-3-5-18(17)19)20-12-14-6-8-15(9-7-14)16-10-11-16/h2-9,13,16,20H,10-12H2,1H3. The highest BCUT2D eigenvalue weighted by atomic mass is 35.5. The van der Waals surface area contributed by atoms with Gasteiger partial charge in [0.15, 0.2) is 0 Å². The molecule has 0 aliphatic heterocycles. The third-order valence-corrected chi connectivity index (χ3v) is 4.36. The summed E-state index contributed by atoms with van der Waals surface area (Å²) in [5, 5.41) is 4.37. The van der Waals surface area contributed by atoms with Crippen LogP contribution in [0.5, 0.6) is 0 Å². The summed E-state index contributed by atoms with van der Waals surface area (Å²) in [7, 11) is 0. The van der Waals surface area contributed by atoms with E-state index < -0.39 is 0 Å². The lowest BCUT2D eigenvalue weighted by molar-refractivity contribution is 0.575. The van der Waals surface area contributed by atoms with Crippen LogP contribution in [0.3, 0.4) is 0 Å². The van der Waals surface area contributed by atoms with Gasteiger partial charge in [0.25, 0.3) is 0 Å². The lowest BCUT2D eigenvalue weighted by Gasteiger charge is -2.16. The second-order valence-corrected chi connectivity index (χ2v) is 6.05. The highest BCUT2D eigenvalue weighted by molar-refractivity contribution is 6.31. The van der Waals surface area contributed by atoms with E-state index in [2.05, 4.69) is 42.6 Å². The summed E-state index contributed by atoms with van der Waals surface area (Å²) < 4.78 is 0. The van der Waals surface area contributed by atoms with E-state index in [1.54, 1.807) is 0 Å². The van der Waals surface area contributed by atoms with Gasteiger partial charge >= 0.3 is 0 Å². The molecule has 1 atom stereocenters. The minimum Gasteiger partial charge on any atom is -0.306 e. The Morgan fingerprint density at radius 3 is 2.45 bits per heavy atom. The van der Waals surface area contributed by atoms with Gasteiger partial charge in [-0.25, -0.2) is 0 Å². The van der Waals surface area contributed by atoms with Crippen LogP contribution in [-0.2, 0) is 6.54 Å². The van der Waals surface area contributed by atoms with Crippen molar-refractivity contribution in [3.8, 4) is 0 Å². The molecule has 1 unspecified atom stereocenters. The quantitative estimate of drug-likeness (QED) is 0.809. The average molecular weight is 286 g/mol. The Hall–Kier alpha value is -1.31. The molecule has 20 heavy (non-hydrogen) atoms. The maximum atomic E-state index is 6.22. The molecule has 1 fully saturated rings. The van der Waals surface area contributed by atoms with E-state index in [1.807, 2.05) is 18.2 Å². The molecule has 0 saturated heterocycles. The van der Waals surface area contributed by atoms with Crippen molar-refractivity contribution in [2.45, 2.75) is 38.3 Å². The van der Waals surface area contributed by atoms with Gasteiger partial charge in [0.05, 0.1) is 0 Å². The van der Waals surface area contributed by atoms with Crippen molar-refractivity contribution in [2.75, 3.05) is 0 Å². The number of hydrogen-bond acceptors (Lipinski definition) is 1. The lowest BCUT2D eigenvalue weighted by atomic mass is 10.1. The molecule has 1 aliphatic carbocycles. The predicted molar refractivity (Wildman–Crippen MR) is 85.1 cm³/mol. The van der Waals surface area contributed by atoms with E-state index in [9.17, 15) is 0 Å². The largest absolute Gasteiger partial charge is 0.306 e. The van der Waals surface area contributed by atoms with Crippen LogP contribution in [0.15, 0.2) is 48.5 Å². The fraction of sp³-hybridized carbons (Fsp3) is 0.333. The molecule has 0 spiro atoms. The zero-order chi connectivity index (χ0) is 13.9. The Kier molecular flexibility index (Phi) is 4.09. The first kappa shape index (κ1) is 13.7. The number of benzene rings is 2. The molecular weight excluding hydrogens is 266 g/mol. The minimum absolute atomic E-state index is 0.256. The van der Waals surface area contributed by atoms with E-state index in [4.69, 9.17) is 11.6 Å². The Bertz CT molecular complexity index is 572. The summed E-state index contributed by atoms with van der Waals surface area (Å²) in [6.45, 7) is 3.02. The second kappa shape index (κ2) is 5.99. The van der Waals surface area contributed by atoms with Gasteiger partial charge < -0.3 is 5.32 Å². The highest BCUT2D eigenvalue weighted by Gasteiger charge is 2.22. The monoisotopic (exact) mass is 285 g/mol. The molecule has 0 aromatic heterocycles. The Morgan fingerprint density at radius 2 is 1.80 bits per heavy atom. The molecule has 2 aromatic rings. The summed E-state index contributed by atoms with van der Waals surface area (Å²) >= 11 is 6.22. The van der Waals surface area contributed by atoms with Gasteiger partial charge in [-0.3, -0.25) is 0 Å². The predicted octanol–water partition coefficient (Wildman–Crippen LogP) is 5.07. The van der Waals surface area contributed by atoms with Crippen LogP contribution < -0.4 is 5.32 Å². The summed E-state index contributed by atoms with van der Waals surface area (Å²) in [5.41, 5.74) is 3.98. The molecule has 1 N–H and O–H groups in total. The highest BCUT2D eigenvalue weighted by Crippen LogP contribution is 2.39. The van der Waals surface area contributed by atoms with Gasteiger partial charge in [0.2, 0.25) is 0 Å². The second-order valence-electron chi connectivity index (χ2n) is 5.64. The Morgan fingerprint density at radius 1 is 1.10 bits per heavy atom. The smallest absolute Gasteiger partial charge is 0.0453 e. The maximum absolute atomic E-state index is 6.22. The molecule has 1 saturated carbocycles. The summed E-state index contributed by atoms with van der Waals surface area (Å²) in [5.74, 6) is 0.832. The fourth-order valence-corrected chi connectivity index (χ4v) is 2.83. The molecule has 0 amide bonds. The molecule has 2 aromatic carbocycles. The Balaban J connectivity index is 1.59. The first-order chi connectivity index (χ1) is 9.74. The number of nitrogens with one attached hydrogen (secondary N) is 1. The van der Waals surface area contributed by atoms with Gasteiger partial charge in [0.1, 0.15) is 0 Å². The molecule has 0 heterocycles. The summed E-state index contributed by atoms with van der Waals surface area (Å²) in [6, 6.07) is 17.3. The summed E-state index contributed by atoms with van der Waals surface area (Å²) in [6.07, 6.45) is 2.72. The number of hydrogen-bond donors (Lipinski definition) is 1. The van der Waals surface area contributed by atoms with Crippen LogP contribution in [0.2, 0.25) is 5.02 Å². The molecule has 1 nitrogen and oxygen atoms in total. The fourth-order valence-electron chi connectivity index (χ4n) is 2.53. The first-order valence-electron chi connectivity index (χ1n) is 7.30. The van der Waals surface area contributed by atoms with Crippen LogP contribution in [0, 0.1) is 0 Å². The lowest BCUT2D eigenvalue weighted by Crippen LogP contribution is -2.18. The molecule has 0 radical (unpaired) electrons. The van der Waals surface area contributed by atoms with E-state index >= 15 is 0 Å². The topological polar surface area (TPSA) is 12.0 Å². The van der Waals surface area contributed by atoms with Crippen molar-refractivity contribution in [3.05, 3.63) is 70.2 Å². The van der Waals surface area contributed by atoms with Crippen molar-refractivity contribution in [2.24, 2.45) is 0 Å². The van der Waals surface area contributed by atoms with Gasteiger partial charge in [-0.1, -0.05) is 54.1 Å². The van der Waals surface area contributed by atoms with Gasteiger partial charge in [-0.15, -0.1) is 0 Å². The van der Waals surface area contributed by atoms with E-state index in [-0.39, 0.29) is 6.04 Å². The van der Waals surface area contributed by atoms with Gasteiger partial charge in [-0.05, 0) is 48.4 Å². The van der Waals surface area contributed by atoms with Crippen molar-refractivity contribution in [1.29, 1.82) is 0 Å². The third kappa shape index (κ3) is 3.23. The molecule has 3 rings (SSSR count). The van der Waals surface area contributed by atoms with Crippen molar-refractivity contribution < 1.29 is 0 Å². The number of rotatable bonds is 5. The van der Waals surface area contributed by atoms with Crippen molar-refractivity contribution >= 4 is 11.6 Å². The van der Waals surface area contributed by atoms with E-state index in [0.717, 1.165) is 23.0 Å². The molecular formula is C18H20ClN. The summed E-state index contributed by atoms with van der Waals surface area (Å²) in [4.78, 5) is 0. The average Bonchev–Trinajstić information content (AvgIpc) is 3.30. The third-order valence-electron chi connectivity index (χ3n) is 4.01. The van der Waals surface area contributed by atoms with Crippen LogP contribution in [-0.4, -0.2) is 0 Å². The SMILES string of the molecule is CC(NCc1ccc(C2CC2)cc1)c1ccccc1Cl. The molecule has 0 bridgehead atoms. The normalized spacial score (nSPS) is 16.1.